The number of aryl methyl sites for hydroxylation is 1. The average Bonchev–Trinajstić information content (AvgIpc) is 2.68. The highest BCUT2D eigenvalue weighted by molar-refractivity contribution is 6.32. The van der Waals surface area contributed by atoms with Crippen molar-refractivity contribution in [2.24, 2.45) is 0 Å². The molecule has 0 spiro atoms. The number of para-hydroxylation sites is 2. The van der Waals surface area contributed by atoms with Crippen LogP contribution in [0.25, 0.3) is 0 Å². The van der Waals surface area contributed by atoms with E-state index in [9.17, 15) is 9.59 Å². The minimum absolute atomic E-state index is 0.225. The van der Waals surface area contributed by atoms with Crippen LogP contribution < -0.4 is 15.4 Å². The van der Waals surface area contributed by atoms with Gasteiger partial charge in [-0.1, -0.05) is 48.0 Å². The number of nitrogens with one attached hydrogen (secondary N) is 2. The molecular formula is C22H19ClN2O3. The second-order valence-corrected chi connectivity index (χ2v) is 6.54. The summed E-state index contributed by atoms with van der Waals surface area (Å²) in [6.45, 7) is 1.72. The van der Waals surface area contributed by atoms with E-state index in [4.69, 9.17) is 16.3 Å². The van der Waals surface area contributed by atoms with Gasteiger partial charge < -0.3 is 15.4 Å². The van der Waals surface area contributed by atoms with E-state index in [2.05, 4.69) is 10.6 Å². The topological polar surface area (TPSA) is 67.4 Å². The molecule has 0 radical (unpaired) electrons. The first-order valence-electron chi connectivity index (χ1n) is 8.67. The maximum absolute atomic E-state index is 12.6. The second kappa shape index (κ2) is 9.06. The molecule has 0 heterocycles. The minimum atomic E-state index is -0.393. The predicted molar refractivity (Wildman–Crippen MR) is 111 cm³/mol. The van der Waals surface area contributed by atoms with E-state index in [-0.39, 0.29) is 12.5 Å². The molecule has 0 unspecified atom stereocenters. The molecule has 2 amide bonds. The molecule has 0 atom stereocenters. The lowest BCUT2D eigenvalue weighted by Crippen LogP contribution is -2.22. The number of hydrogen-bond acceptors (Lipinski definition) is 3. The highest BCUT2D eigenvalue weighted by atomic mass is 35.5. The van der Waals surface area contributed by atoms with Crippen molar-refractivity contribution in [1.82, 2.24) is 0 Å². The largest absolute Gasteiger partial charge is 0.482 e. The van der Waals surface area contributed by atoms with Crippen LogP contribution in [0, 0.1) is 6.92 Å². The molecule has 0 aliphatic carbocycles. The average molecular weight is 395 g/mol. The van der Waals surface area contributed by atoms with Crippen LogP contribution >= 0.6 is 11.6 Å². The summed E-state index contributed by atoms with van der Waals surface area (Å²) in [7, 11) is 0. The van der Waals surface area contributed by atoms with Crippen molar-refractivity contribution < 1.29 is 14.3 Å². The van der Waals surface area contributed by atoms with Crippen molar-refractivity contribution in [3.05, 3.63) is 88.9 Å². The van der Waals surface area contributed by atoms with Gasteiger partial charge in [0.25, 0.3) is 11.8 Å². The van der Waals surface area contributed by atoms with Crippen LogP contribution in [-0.4, -0.2) is 18.4 Å². The van der Waals surface area contributed by atoms with Crippen molar-refractivity contribution in [3.8, 4) is 5.75 Å². The van der Waals surface area contributed by atoms with Crippen molar-refractivity contribution >= 4 is 34.8 Å². The van der Waals surface area contributed by atoms with E-state index >= 15 is 0 Å². The van der Waals surface area contributed by atoms with Crippen LogP contribution in [-0.2, 0) is 4.79 Å². The third-order valence-corrected chi connectivity index (χ3v) is 4.23. The van der Waals surface area contributed by atoms with Crippen molar-refractivity contribution in [2.45, 2.75) is 6.92 Å². The van der Waals surface area contributed by atoms with Crippen LogP contribution in [0.4, 0.5) is 11.4 Å². The molecular weight excluding hydrogens is 376 g/mol. The molecule has 5 nitrogen and oxygen atoms in total. The number of amides is 2. The summed E-state index contributed by atoms with van der Waals surface area (Å²) in [6.07, 6.45) is 0. The number of carbonyl (C=O) groups is 2. The van der Waals surface area contributed by atoms with Gasteiger partial charge in [-0.25, -0.2) is 0 Å². The van der Waals surface area contributed by atoms with Gasteiger partial charge in [-0.05, 0) is 48.9 Å². The van der Waals surface area contributed by atoms with Crippen LogP contribution in [0.5, 0.6) is 5.75 Å². The highest BCUT2D eigenvalue weighted by Gasteiger charge is 2.14. The zero-order chi connectivity index (χ0) is 19.9. The van der Waals surface area contributed by atoms with Crippen molar-refractivity contribution in [2.75, 3.05) is 17.2 Å². The number of ether oxygens (including phenoxy) is 1. The van der Waals surface area contributed by atoms with E-state index in [0.717, 1.165) is 5.56 Å². The molecule has 0 saturated carbocycles. The van der Waals surface area contributed by atoms with Gasteiger partial charge in [0.2, 0.25) is 0 Å². The Kier molecular flexibility index (Phi) is 6.29. The summed E-state index contributed by atoms with van der Waals surface area (Å²) in [6, 6.07) is 21.2. The Morgan fingerprint density at radius 1 is 0.929 bits per heavy atom. The summed E-state index contributed by atoms with van der Waals surface area (Å²) in [4.78, 5) is 24.9. The molecule has 0 fully saturated rings. The molecule has 0 aromatic heterocycles. The Hall–Kier alpha value is -3.31. The summed E-state index contributed by atoms with van der Waals surface area (Å²) in [5.74, 6) is -0.283. The molecule has 3 aromatic rings. The van der Waals surface area contributed by atoms with Gasteiger partial charge in [0, 0.05) is 5.69 Å². The van der Waals surface area contributed by atoms with E-state index in [0.29, 0.717) is 27.7 Å². The molecule has 0 aliphatic rings. The van der Waals surface area contributed by atoms with E-state index in [1.54, 1.807) is 48.5 Å². The third-order valence-electron chi connectivity index (χ3n) is 3.92. The van der Waals surface area contributed by atoms with E-state index in [1.165, 1.54) is 0 Å². The minimum Gasteiger partial charge on any atom is -0.482 e. The normalized spacial score (nSPS) is 10.2. The van der Waals surface area contributed by atoms with Crippen LogP contribution in [0.15, 0.2) is 72.8 Å². The molecule has 3 aromatic carbocycles. The van der Waals surface area contributed by atoms with Crippen LogP contribution in [0.3, 0.4) is 0 Å². The Bertz CT molecular complexity index is 1000. The highest BCUT2D eigenvalue weighted by Crippen LogP contribution is 2.23. The smallest absolute Gasteiger partial charge is 0.262 e. The first-order valence-corrected chi connectivity index (χ1v) is 9.05. The fourth-order valence-corrected chi connectivity index (χ4v) is 2.79. The quantitative estimate of drug-likeness (QED) is 0.623. The fraction of sp³-hybridized carbons (Fsp3) is 0.0909. The molecule has 142 valence electrons. The lowest BCUT2D eigenvalue weighted by molar-refractivity contribution is -0.118. The number of anilines is 2. The number of halogens is 1. The summed E-state index contributed by atoms with van der Waals surface area (Å²) in [5.41, 5.74) is 2.49. The van der Waals surface area contributed by atoms with Gasteiger partial charge in [0.1, 0.15) is 5.75 Å². The Labute approximate surface area is 168 Å². The molecule has 28 heavy (non-hydrogen) atoms. The number of carbonyl (C=O) groups excluding carboxylic acids is 2. The molecule has 0 saturated heterocycles. The van der Waals surface area contributed by atoms with Gasteiger partial charge in [0.05, 0.1) is 16.3 Å². The van der Waals surface area contributed by atoms with E-state index < -0.39 is 5.91 Å². The van der Waals surface area contributed by atoms with Gasteiger partial charge in [0.15, 0.2) is 6.61 Å². The summed E-state index contributed by atoms with van der Waals surface area (Å²) >= 11 is 6.01. The predicted octanol–water partition coefficient (Wildman–Crippen LogP) is 4.92. The van der Waals surface area contributed by atoms with Gasteiger partial charge in [-0.3, -0.25) is 9.59 Å². The molecule has 6 heteroatoms. The van der Waals surface area contributed by atoms with Crippen LogP contribution in [0.2, 0.25) is 5.02 Å². The number of rotatable bonds is 6. The third kappa shape index (κ3) is 5.11. The zero-order valence-corrected chi connectivity index (χ0v) is 16.0. The number of benzene rings is 3. The molecule has 0 bridgehead atoms. The van der Waals surface area contributed by atoms with Gasteiger partial charge >= 0.3 is 0 Å². The second-order valence-electron chi connectivity index (χ2n) is 6.14. The maximum atomic E-state index is 12.6. The SMILES string of the molecule is Cc1cccc(NC(=O)c2ccccc2NC(=O)COc2ccccc2Cl)c1. The molecule has 3 rings (SSSR count). The monoisotopic (exact) mass is 394 g/mol. The van der Waals surface area contributed by atoms with Gasteiger partial charge in [-0.15, -0.1) is 0 Å². The lowest BCUT2D eigenvalue weighted by atomic mass is 10.1. The first-order chi connectivity index (χ1) is 13.5. The Morgan fingerprint density at radius 3 is 2.46 bits per heavy atom. The van der Waals surface area contributed by atoms with Crippen molar-refractivity contribution in [3.63, 3.8) is 0 Å². The van der Waals surface area contributed by atoms with Crippen molar-refractivity contribution in [1.29, 1.82) is 0 Å². The summed E-state index contributed by atoms with van der Waals surface area (Å²) < 4.78 is 5.44. The van der Waals surface area contributed by atoms with Crippen LogP contribution in [0.1, 0.15) is 15.9 Å². The maximum Gasteiger partial charge on any atom is 0.262 e. The van der Waals surface area contributed by atoms with Gasteiger partial charge in [-0.2, -0.15) is 0 Å². The lowest BCUT2D eigenvalue weighted by Gasteiger charge is -2.12. The standard InChI is InChI=1S/C22H19ClN2O3/c1-15-7-6-8-16(13-15)24-22(27)17-9-2-4-11-19(17)25-21(26)14-28-20-12-5-3-10-18(20)23/h2-13H,14H2,1H3,(H,24,27)(H,25,26). The zero-order valence-electron chi connectivity index (χ0n) is 15.2. The molecule has 2 N–H and O–H groups in total. The molecule has 0 aliphatic heterocycles. The Morgan fingerprint density at radius 2 is 1.68 bits per heavy atom. The Balaban J connectivity index is 1.67. The summed E-state index contributed by atoms with van der Waals surface area (Å²) in [5, 5.41) is 5.97. The first kappa shape index (κ1) is 19.5. The number of hydrogen-bond donors (Lipinski definition) is 2. The van der Waals surface area contributed by atoms with E-state index in [1.807, 2.05) is 31.2 Å². The fourth-order valence-electron chi connectivity index (χ4n) is 2.60.